The molecule has 1 N–H and O–H groups in total. The minimum atomic E-state index is -0.993. The number of aliphatic hydroxyl groups is 1. The zero-order chi connectivity index (χ0) is 21.3. The SMILES string of the molecule is COc1cccc(N2C(=O)C(=O)C(=C(O)c3ccccc3)C2c2cccc(F)c2)c1. The zero-order valence-electron chi connectivity index (χ0n) is 16.1. The second kappa shape index (κ2) is 7.83. The van der Waals surface area contributed by atoms with Crippen molar-refractivity contribution < 1.29 is 23.8 Å². The first kappa shape index (κ1) is 19.4. The number of methoxy groups -OCH3 is 1. The number of anilines is 1. The fraction of sp³-hybridized carbons (Fsp3) is 0.0833. The average Bonchev–Trinajstić information content (AvgIpc) is 3.04. The maximum absolute atomic E-state index is 14.0. The summed E-state index contributed by atoms with van der Waals surface area (Å²) < 4.78 is 19.3. The highest BCUT2D eigenvalue weighted by atomic mass is 19.1. The van der Waals surface area contributed by atoms with Crippen LogP contribution in [-0.4, -0.2) is 23.9 Å². The Morgan fingerprint density at radius 2 is 1.70 bits per heavy atom. The summed E-state index contributed by atoms with van der Waals surface area (Å²) in [6.07, 6.45) is 0. The van der Waals surface area contributed by atoms with Gasteiger partial charge in [0.25, 0.3) is 11.7 Å². The molecule has 1 unspecified atom stereocenters. The highest BCUT2D eigenvalue weighted by Crippen LogP contribution is 2.42. The van der Waals surface area contributed by atoms with Crippen LogP contribution in [0.15, 0.2) is 84.4 Å². The number of carbonyl (C=O) groups is 2. The summed E-state index contributed by atoms with van der Waals surface area (Å²) >= 11 is 0. The van der Waals surface area contributed by atoms with E-state index in [9.17, 15) is 19.1 Å². The van der Waals surface area contributed by atoms with Gasteiger partial charge in [0.1, 0.15) is 17.3 Å². The van der Waals surface area contributed by atoms with Gasteiger partial charge in [-0.25, -0.2) is 4.39 Å². The van der Waals surface area contributed by atoms with Crippen molar-refractivity contribution in [3.8, 4) is 5.75 Å². The van der Waals surface area contributed by atoms with Crippen LogP contribution in [0.25, 0.3) is 5.76 Å². The van der Waals surface area contributed by atoms with Crippen LogP contribution in [0, 0.1) is 5.82 Å². The van der Waals surface area contributed by atoms with Gasteiger partial charge in [-0.05, 0) is 29.8 Å². The van der Waals surface area contributed by atoms with Crippen LogP contribution < -0.4 is 9.64 Å². The molecule has 30 heavy (non-hydrogen) atoms. The molecule has 0 spiro atoms. The summed E-state index contributed by atoms with van der Waals surface area (Å²) in [6.45, 7) is 0. The minimum absolute atomic E-state index is 0.0976. The molecule has 0 aliphatic carbocycles. The predicted molar refractivity (Wildman–Crippen MR) is 111 cm³/mol. The van der Waals surface area contributed by atoms with E-state index in [0.717, 1.165) is 0 Å². The number of Topliss-reactive ketones (excluding diaryl/α,β-unsaturated/α-hetero) is 1. The molecule has 1 amide bonds. The first-order valence-electron chi connectivity index (χ1n) is 9.27. The zero-order valence-corrected chi connectivity index (χ0v) is 16.1. The molecule has 1 saturated heterocycles. The van der Waals surface area contributed by atoms with E-state index in [1.165, 1.54) is 30.2 Å². The molecular weight excluding hydrogens is 385 g/mol. The molecule has 6 heteroatoms. The molecule has 0 radical (unpaired) electrons. The molecule has 0 saturated carbocycles. The molecule has 1 heterocycles. The van der Waals surface area contributed by atoms with Crippen LogP contribution in [0.3, 0.4) is 0 Å². The summed E-state index contributed by atoms with van der Waals surface area (Å²) in [4.78, 5) is 27.3. The topological polar surface area (TPSA) is 66.8 Å². The van der Waals surface area contributed by atoms with Gasteiger partial charge in [0.2, 0.25) is 0 Å². The molecule has 5 nitrogen and oxygen atoms in total. The smallest absolute Gasteiger partial charge is 0.300 e. The first-order chi connectivity index (χ1) is 14.5. The molecule has 150 valence electrons. The van der Waals surface area contributed by atoms with Gasteiger partial charge in [-0.15, -0.1) is 0 Å². The summed E-state index contributed by atoms with van der Waals surface area (Å²) in [5, 5.41) is 10.9. The van der Waals surface area contributed by atoms with Crippen molar-refractivity contribution >= 4 is 23.1 Å². The summed E-state index contributed by atoms with van der Waals surface area (Å²) in [5.41, 5.74) is 1.06. The monoisotopic (exact) mass is 403 g/mol. The number of hydrogen-bond donors (Lipinski definition) is 1. The van der Waals surface area contributed by atoms with Crippen molar-refractivity contribution in [3.05, 3.63) is 101 Å². The third kappa shape index (κ3) is 3.33. The second-order valence-electron chi connectivity index (χ2n) is 6.79. The van der Waals surface area contributed by atoms with Gasteiger partial charge in [-0.3, -0.25) is 14.5 Å². The Morgan fingerprint density at radius 3 is 2.40 bits per heavy atom. The van der Waals surface area contributed by atoms with Crippen LogP contribution in [0.5, 0.6) is 5.75 Å². The minimum Gasteiger partial charge on any atom is -0.507 e. The van der Waals surface area contributed by atoms with Gasteiger partial charge in [0, 0.05) is 17.3 Å². The lowest BCUT2D eigenvalue weighted by Crippen LogP contribution is -2.29. The number of nitrogens with zero attached hydrogens (tertiary/aromatic N) is 1. The molecule has 0 bridgehead atoms. The molecule has 0 aromatic heterocycles. The molecule has 1 aliphatic rings. The third-order valence-corrected chi connectivity index (χ3v) is 4.99. The van der Waals surface area contributed by atoms with Gasteiger partial charge in [0.05, 0.1) is 18.7 Å². The quantitative estimate of drug-likeness (QED) is 0.397. The van der Waals surface area contributed by atoms with E-state index in [1.807, 2.05) is 0 Å². The largest absolute Gasteiger partial charge is 0.507 e. The standard InChI is InChI=1S/C24H18FNO4/c1-30-19-12-6-11-18(14-19)26-21(16-9-5-10-17(25)13-16)20(23(28)24(26)29)22(27)15-7-3-2-4-8-15/h2-14,21,27H,1H3. The maximum Gasteiger partial charge on any atom is 0.300 e. The van der Waals surface area contributed by atoms with Crippen molar-refractivity contribution in [2.45, 2.75) is 6.04 Å². The molecule has 1 atom stereocenters. The number of hydrogen-bond acceptors (Lipinski definition) is 4. The maximum atomic E-state index is 14.0. The second-order valence-corrected chi connectivity index (χ2v) is 6.79. The van der Waals surface area contributed by atoms with Crippen LogP contribution in [0.2, 0.25) is 0 Å². The lowest BCUT2D eigenvalue weighted by molar-refractivity contribution is -0.132. The summed E-state index contributed by atoms with van der Waals surface area (Å²) in [6, 6.07) is 19.8. The van der Waals surface area contributed by atoms with Crippen molar-refractivity contribution in [1.29, 1.82) is 0 Å². The van der Waals surface area contributed by atoms with E-state index < -0.39 is 23.5 Å². The molecular formula is C24H18FNO4. The summed E-state index contributed by atoms with van der Waals surface area (Å²) in [5.74, 6) is -1.98. The van der Waals surface area contributed by atoms with E-state index in [1.54, 1.807) is 60.7 Å². The van der Waals surface area contributed by atoms with E-state index in [4.69, 9.17) is 4.74 Å². The molecule has 4 rings (SSSR count). The highest BCUT2D eigenvalue weighted by molar-refractivity contribution is 6.51. The van der Waals surface area contributed by atoms with Gasteiger partial charge < -0.3 is 9.84 Å². The van der Waals surface area contributed by atoms with Gasteiger partial charge in [-0.2, -0.15) is 0 Å². The Kier molecular flexibility index (Phi) is 5.06. The van der Waals surface area contributed by atoms with E-state index in [2.05, 4.69) is 0 Å². The van der Waals surface area contributed by atoms with Gasteiger partial charge in [0.15, 0.2) is 0 Å². The fourth-order valence-electron chi connectivity index (χ4n) is 3.60. The normalized spacial score (nSPS) is 17.9. The summed E-state index contributed by atoms with van der Waals surface area (Å²) in [7, 11) is 1.49. The molecule has 3 aromatic carbocycles. The third-order valence-electron chi connectivity index (χ3n) is 4.99. The van der Waals surface area contributed by atoms with Crippen molar-refractivity contribution in [2.75, 3.05) is 12.0 Å². The van der Waals surface area contributed by atoms with E-state index in [-0.39, 0.29) is 11.3 Å². The van der Waals surface area contributed by atoms with Gasteiger partial charge in [-0.1, -0.05) is 48.5 Å². The average molecular weight is 403 g/mol. The lowest BCUT2D eigenvalue weighted by atomic mass is 9.95. The Morgan fingerprint density at radius 1 is 0.967 bits per heavy atom. The lowest BCUT2D eigenvalue weighted by Gasteiger charge is -2.25. The Balaban J connectivity index is 1.96. The number of halogens is 1. The predicted octanol–water partition coefficient (Wildman–Crippen LogP) is 4.46. The fourth-order valence-corrected chi connectivity index (χ4v) is 3.60. The number of rotatable bonds is 4. The first-order valence-corrected chi connectivity index (χ1v) is 9.27. The van der Waals surface area contributed by atoms with E-state index >= 15 is 0 Å². The Labute approximate surface area is 172 Å². The number of benzene rings is 3. The van der Waals surface area contributed by atoms with Crippen LogP contribution in [-0.2, 0) is 9.59 Å². The number of aliphatic hydroxyl groups excluding tert-OH is 1. The Hall–Kier alpha value is -3.93. The Bertz CT molecular complexity index is 1160. The molecule has 1 aliphatic heterocycles. The van der Waals surface area contributed by atoms with Crippen molar-refractivity contribution in [3.63, 3.8) is 0 Å². The number of ether oxygens (including phenoxy) is 1. The van der Waals surface area contributed by atoms with E-state index in [0.29, 0.717) is 22.6 Å². The molecule has 3 aromatic rings. The van der Waals surface area contributed by atoms with Gasteiger partial charge >= 0.3 is 0 Å². The number of amides is 1. The molecule has 1 fully saturated rings. The van der Waals surface area contributed by atoms with Crippen LogP contribution >= 0.6 is 0 Å². The number of carbonyl (C=O) groups excluding carboxylic acids is 2. The van der Waals surface area contributed by atoms with Crippen molar-refractivity contribution in [1.82, 2.24) is 0 Å². The number of ketones is 1. The highest BCUT2D eigenvalue weighted by Gasteiger charge is 2.47. The van der Waals surface area contributed by atoms with Crippen LogP contribution in [0.1, 0.15) is 17.2 Å². The van der Waals surface area contributed by atoms with Crippen molar-refractivity contribution in [2.24, 2.45) is 0 Å². The van der Waals surface area contributed by atoms with Crippen LogP contribution in [0.4, 0.5) is 10.1 Å².